The van der Waals surface area contributed by atoms with Gasteiger partial charge in [-0.1, -0.05) is 0 Å². The molecule has 14 heavy (non-hydrogen) atoms. The van der Waals surface area contributed by atoms with E-state index in [4.69, 9.17) is 5.73 Å². The van der Waals surface area contributed by atoms with E-state index >= 15 is 0 Å². The number of hydrogen-bond acceptors (Lipinski definition) is 2. The molecule has 1 heterocycles. The summed E-state index contributed by atoms with van der Waals surface area (Å²) < 4.78 is 26.1. The quantitative estimate of drug-likeness (QED) is 0.713. The van der Waals surface area contributed by atoms with Gasteiger partial charge in [-0.25, -0.2) is 8.78 Å². The van der Waals surface area contributed by atoms with Crippen LogP contribution < -0.4 is 11.1 Å². The maximum Gasteiger partial charge on any atom is 0.127 e. The summed E-state index contributed by atoms with van der Waals surface area (Å²) in [5.41, 5.74) is 5.83. The second-order valence-corrected chi connectivity index (χ2v) is 3.28. The number of rotatable bonds is 1. The minimum atomic E-state index is -0.430. The smallest absolute Gasteiger partial charge is 0.127 e. The Bertz CT molecular complexity index is 388. The molecule has 2 rings (SSSR count). The highest BCUT2D eigenvalue weighted by Gasteiger charge is 2.19. The van der Waals surface area contributed by atoms with Crippen molar-refractivity contribution in [1.29, 1.82) is 0 Å². The summed E-state index contributed by atoms with van der Waals surface area (Å²) in [6, 6.07) is 3.44. The van der Waals surface area contributed by atoms with Gasteiger partial charge in [0.15, 0.2) is 0 Å². The molecule has 0 amide bonds. The first-order valence-corrected chi connectivity index (χ1v) is 4.33. The molecule has 0 spiro atoms. The second kappa shape index (κ2) is 3.29. The standard InChI is InChI=1S/C10H10F2N2/c11-7-1-2-9(12)8(4-7)6-3-10(13)14-5-6/h1-4,6,14H,5,13H2. The van der Waals surface area contributed by atoms with Crippen LogP contribution in [0.5, 0.6) is 0 Å². The molecule has 1 aliphatic heterocycles. The summed E-state index contributed by atoms with van der Waals surface area (Å²) in [6.45, 7) is 0.520. The van der Waals surface area contributed by atoms with Crippen molar-refractivity contribution in [2.75, 3.05) is 6.54 Å². The van der Waals surface area contributed by atoms with Crippen molar-refractivity contribution in [3.8, 4) is 0 Å². The summed E-state index contributed by atoms with van der Waals surface area (Å²) in [5, 5.41) is 2.86. The van der Waals surface area contributed by atoms with Gasteiger partial charge >= 0.3 is 0 Å². The van der Waals surface area contributed by atoms with Crippen molar-refractivity contribution >= 4 is 0 Å². The van der Waals surface area contributed by atoms with Gasteiger partial charge in [0.2, 0.25) is 0 Å². The fourth-order valence-electron chi connectivity index (χ4n) is 1.56. The third-order valence-electron chi connectivity index (χ3n) is 2.26. The predicted octanol–water partition coefficient (Wildman–Crippen LogP) is 1.45. The van der Waals surface area contributed by atoms with E-state index in [1.807, 2.05) is 0 Å². The zero-order valence-corrected chi connectivity index (χ0v) is 7.43. The van der Waals surface area contributed by atoms with Gasteiger partial charge in [0.25, 0.3) is 0 Å². The van der Waals surface area contributed by atoms with Gasteiger partial charge in [0, 0.05) is 12.5 Å². The Kier molecular flexibility index (Phi) is 2.11. The third-order valence-corrected chi connectivity index (χ3v) is 2.26. The van der Waals surface area contributed by atoms with Crippen LogP contribution in [0.1, 0.15) is 11.5 Å². The first-order valence-electron chi connectivity index (χ1n) is 4.33. The van der Waals surface area contributed by atoms with Crippen LogP contribution in [-0.4, -0.2) is 6.54 Å². The van der Waals surface area contributed by atoms with Crippen LogP contribution in [0.3, 0.4) is 0 Å². The maximum atomic E-state index is 13.3. The van der Waals surface area contributed by atoms with Crippen molar-refractivity contribution in [1.82, 2.24) is 5.32 Å². The fraction of sp³-hybridized carbons (Fsp3) is 0.200. The summed E-state index contributed by atoms with van der Waals surface area (Å²) in [4.78, 5) is 0. The van der Waals surface area contributed by atoms with Crippen LogP contribution in [-0.2, 0) is 0 Å². The van der Waals surface area contributed by atoms with Gasteiger partial charge in [-0.05, 0) is 29.8 Å². The Labute approximate surface area is 80.4 Å². The molecule has 74 valence electrons. The second-order valence-electron chi connectivity index (χ2n) is 3.28. The predicted molar refractivity (Wildman–Crippen MR) is 49.4 cm³/mol. The molecule has 0 fully saturated rings. The molecule has 4 heteroatoms. The zero-order valence-electron chi connectivity index (χ0n) is 7.43. The highest BCUT2D eigenvalue weighted by atomic mass is 19.1. The highest BCUT2D eigenvalue weighted by Crippen LogP contribution is 2.24. The molecule has 0 saturated carbocycles. The first-order chi connectivity index (χ1) is 6.66. The van der Waals surface area contributed by atoms with Crippen molar-refractivity contribution in [3.63, 3.8) is 0 Å². The summed E-state index contributed by atoms with van der Waals surface area (Å²) in [6.07, 6.45) is 1.69. The van der Waals surface area contributed by atoms with E-state index in [0.29, 0.717) is 17.9 Å². The Balaban J connectivity index is 2.36. The number of benzene rings is 1. The molecule has 0 aromatic heterocycles. The topological polar surface area (TPSA) is 38.0 Å². The lowest BCUT2D eigenvalue weighted by atomic mass is 10.00. The average molecular weight is 196 g/mol. The number of hydrogen-bond donors (Lipinski definition) is 2. The van der Waals surface area contributed by atoms with E-state index in [9.17, 15) is 8.78 Å². The lowest BCUT2D eigenvalue weighted by Crippen LogP contribution is -2.16. The van der Waals surface area contributed by atoms with Crippen LogP contribution in [0.4, 0.5) is 8.78 Å². The van der Waals surface area contributed by atoms with E-state index < -0.39 is 11.6 Å². The van der Waals surface area contributed by atoms with E-state index in [-0.39, 0.29) is 5.92 Å². The maximum absolute atomic E-state index is 13.3. The molecular weight excluding hydrogens is 186 g/mol. The van der Waals surface area contributed by atoms with Gasteiger partial charge < -0.3 is 11.1 Å². The van der Waals surface area contributed by atoms with Crippen LogP contribution in [0.25, 0.3) is 0 Å². The van der Waals surface area contributed by atoms with E-state index in [1.54, 1.807) is 6.08 Å². The molecule has 0 bridgehead atoms. The Morgan fingerprint density at radius 1 is 1.36 bits per heavy atom. The van der Waals surface area contributed by atoms with Crippen LogP contribution in [0.15, 0.2) is 30.1 Å². The van der Waals surface area contributed by atoms with Gasteiger partial charge in [0.05, 0.1) is 5.82 Å². The molecule has 0 saturated heterocycles. The summed E-state index contributed by atoms with van der Waals surface area (Å²) >= 11 is 0. The monoisotopic (exact) mass is 196 g/mol. The lowest BCUT2D eigenvalue weighted by molar-refractivity contribution is 0.577. The zero-order chi connectivity index (χ0) is 10.1. The molecule has 3 N–H and O–H groups in total. The molecule has 2 nitrogen and oxygen atoms in total. The minimum absolute atomic E-state index is 0.175. The molecule has 0 aliphatic carbocycles. The summed E-state index contributed by atoms with van der Waals surface area (Å²) in [7, 11) is 0. The summed E-state index contributed by atoms with van der Waals surface area (Å²) in [5.74, 6) is -0.492. The minimum Gasteiger partial charge on any atom is -0.386 e. The third kappa shape index (κ3) is 1.55. The van der Waals surface area contributed by atoms with E-state index in [2.05, 4.69) is 5.32 Å². The largest absolute Gasteiger partial charge is 0.386 e. The van der Waals surface area contributed by atoms with Gasteiger partial charge in [-0.3, -0.25) is 0 Å². The molecule has 0 radical (unpaired) electrons. The van der Waals surface area contributed by atoms with Gasteiger partial charge in [-0.2, -0.15) is 0 Å². The van der Waals surface area contributed by atoms with Crippen molar-refractivity contribution < 1.29 is 8.78 Å². The Morgan fingerprint density at radius 2 is 2.14 bits per heavy atom. The molecule has 1 atom stereocenters. The normalized spacial score (nSPS) is 20.4. The van der Waals surface area contributed by atoms with Crippen molar-refractivity contribution in [2.24, 2.45) is 5.73 Å². The average Bonchev–Trinajstić information content (AvgIpc) is 2.56. The molecule has 1 aromatic carbocycles. The van der Waals surface area contributed by atoms with Crippen LogP contribution in [0.2, 0.25) is 0 Å². The highest BCUT2D eigenvalue weighted by molar-refractivity contribution is 5.30. The first kappa shape index (κ1) is 8.99. The van der Waals surface area contributed by atoms with Crippen LogP contribution in [0, 0.1) is 11.6 Å². The SMILES string of the molecule is NC1=CC(c2cc(F)ccc2F)CN1. The molecular formula is C10H10F2N2. The van der Waals surface area contributed by atoms with E-state index in [0.717, 1.165) is 12.1 Å². The number of nitrogens with two attached hydrogens (primary N) is 1. The van der Waals surface area contributed by atoms with Crippen molar-refractivity contribution in [3.05, 3.63) is 47.3 Å². The number of nitrogens with one attached hydrogen (secondary N) is 1. The van der Waals surface area contributed by atoms with Crippen molar-refractivity contribution in [2.45, 2.75) is 5.92 Å². The Morgan fingerprint density at radius 3 is 2.79 bits per heavy atom. The van der Waals surface area contributed by atoms with Gasteiger partial charge in [-0.15, -0.1) is 0 Å². The lowest BCUT2D eigenvalue weighted by Gasteiger charge is -2.08. The molecule has 1 aliphatic rings. The molecule has 1 unspecified atom stereocenters. The van der Waals surface area contributed by atoms with Crippen LogP contribution >= 0.6 is 0 Å². The van der Waals surface area contributed by atoms with E-state index in [1.165, 1.54) is 6.07 Å². The Hall–Kier alpha value is -1.58. The molecule has 1 aromatic rings. The number of halogens is 2. The van der Waals surface area contributed by atoms with Gasteiger partial charge in [0.1, 0.15) is 11.6 Å². The fourth-order valence-corrected chi connectivity index (χ4v) is 1.56.